The van der Waals surface area contributed by atoms with E-state index >= 15 is 0 Å². The molecular formula is C16H20N2O2. The largest absolute Gasteiger partial charge is 0.477 e. The second kappa shape index (κ2) is 4.03. The average Bonchev–Trinajstić information content (AvgIpc) is 2.36. The molecule has 0 aliphatic heterocycles. The number of aryl methyl sites for hydroxylation is 1. The van der Waals surface area contributed by atoms with E-state index in [0.29, 0.717) is 0 Å². The molecule has 4 saturated carbocycles. The maximum absolute atomic E-state index is 11.2. The predicted octanol–water partition coefficient (Wildman–Crippen LogP) is 2.95. The summed E-state index contributed by atoms with van der Waals surface area (Å²) in [7, 11) is 0. The summed E-state index contributed by atoms with van der Waals surface area (Å²) in [4.78, 5) is 20.3. The third-order valence-corrected chi connectivity index (χ3v) is 5.59. The zero-order chi connectivity index (χ0) is 13.9. The average molecular weight is 272 g/mol. The lowest BCUT2D eigenvalue weighted by Gasteiger charge is -2.56. The van der Waals surface area contributed by atoms with Gasteiger partial charge in [0, 0.05) is 11.1 Å². The highest BCUT2D eigenvalue weighted by molar-refractivity contribution is 5.85. The van der Waals surface area contributed by atoms with Crippen LogP contribution in [0.15, 0.2) is 6.07 Å². The molecule has 20 heavy (non-hydrogen) atoms. The first-order chi connectivity index (χ1) is 9.54. The van der Waals surface area contributed by atoms with Crippen LogP contribution in [-0.2, 0) is 5.41 Å². The molecule has 4 aliphatic carbocycles. The van der Waals surface area contributed by atoms with Gasteiger partial charge in [0.15, 0.2) is 5.69 Å². The van der Waals surface area contributed by atoms with Crippen LogP contribution in [0.25, 0.3) is 0 Å². The van der Waals surface area contributed by atoms with Crippen molar-refractivity contribution in [3.63, 3.8) is 0 Å². The van der Waals surface area contributed by atoms with Crippen molar-refractivity contribution in [1.29, 1.82) is 0 Å². The molecule has 0 unspecified atom stereocenters. The second-order valence-corrected chi connectivity index (χ2v) is 7.22. The van der Waals surface area contributed by atoms with Crippen molar-refractivity contribution in [3.8, 4) is 0 Å². The third-order valence-electron chi connectivity index (χ3n) is 5.59. The summed E-state index contributed by atoms with van der Waals surface area (Å²) in [6, 6.07) is 1.58. The molecule has 1 aromatic rings. The highest BCUT2D eigenvalue weighted by Crippen LogP contribution is 2.60. The van der Waals surface area contributed by atoms with Gasteiger partial charge in [-0.25, -0.2) is 14.8 Å². The maximum Gasteiger partial charge on any atom is 0.354 e. The molecule has 4 bridgehead atoms. The number of hydrogen-bond acceptors (Lipinski definition) is 3. The lowest BCUT2D eigenvalue weighted by atomic mass is 9.49. The van der Waals surface area contributed by atoms with Gasteiger partial charge in [-0.3, -0.25) is 0 Å². The lowest BCUT2D eigenvalue weighted by molar-refractivity contribution is -0.00957. The fourth-order valence-corrected chi connectivity index (χ4v) is 5.30. The summed E-state index contributed by atoms with van der Waals surface area (Å²) in [5.41, 5.74) is 1.01. The Morgan fingerprint density at radius 2 is 1.70 bits per heavy atom. The number of rotatable bonds is 2. The number of aromatic carboxylic acids is 1. The van der Waals surface area contributed by atoms with Crippen molar-refractivity contribution in [3.05, 3.63) is 23.3 Å². The molecule has 4 heteroatoms. The fourth-order valence-electron chi connectivity index (χ4n) is 5.30. The summed E-state index contributed by atoms with van der Waals surface area (Å²) < 4.78 is 0. The standard InChI is InChI=1S/C16H20N2O2/c1-9-2-13(14(19)20)18-15(17-9)16-6-10-3-11(7-16)5-12(4-10)8-16/h2,10-12H,3-8H2,1H3,(H,19,20). The minimum atomic E-state index is -0.943. The van der Waals surface area contributed by atoms with Crippen molar-refractivity contribution in [2.75, 3.05) is 0 Å². The van der Waals surface area contributed by atoms with Gasteiger partial charge in [-0.2, -0.15) is 0 Å². The number of carboxylic acid groups (broad SMARTS) is 1. The van der Waals surface area contributed by atoms with Crippen LogP contribution in [0.3, 0.4) is 0 Å². The Morgan fingerprint density at radius 3 is 2.20 bits per heavy atom. The predicted molar refractivity (Wildman–Crippen MR) is 73.6 cm³/mol. The van der Waals surface area contributed by atoms with E-state index in [2.05, 4.69) is 9.97 Å². The number of carboxylic acids is 1. The van der Waals surface area contributed by atoms with Gasteiger partial charge < -0.3 is 5.11 Å². The van der Waals surface area contributed by atoms with E-state index in [4.69, 9.17) is 0 Å². The molecule has 1 N–H and O–H groups in total. The quantitative estimate of drug-likeness (QED) is 0.899. The van der Waals surface area contributed by atoms with Crippen LogP contribution in [0.4, 0.5) is 0 Å². The Labute approximate surface area is 118 Å². The van der Waals surface area contributed by atoms with Crippen LogP contribution < -0.4 is 0 Å². The highest BCUT2D eigenvalue weighted by atomic mass is 16.4. The molecule has 0 saturated heterocycles. The molecule has 1 aromatic heterocycles. The van der Waals surface area contributed by atoms with Crippen LogP contribution >= 0.6 is 0 Å². The molecule has 0 amide bonds. The summed E-state index contributed by atoms with van der Waals surface area (Å²) >= 11 is 0. The lowest BCUT2D eigenvalue weighted by Crippen LogP contribution is -2.49. The van der Waals surface area contributed by atoms with Crippen molar-refractivity contribution in [2.24, 2.45) is 17.8 Å². The van der Waals surface area contributed by atoms with Gasteiger partial charge in [0.1, 0.15) is 5.82 Å². The number of aromatic nitrogens is 2. The van der Waals surface area contributed by atoms with E-state index in [1.807, 2.05) is 6.92 Å². The Hall–Kier alpha value is -1.45. The van der Waals surface area contributed by atoms with E-state index in [1.165, 1.54) is 38.5 Å². The zero-order valence-corrected chi connectivity index (χ0v) is 11.8. The third kappa shape index (κ3) is 1.77. The minimum absolute atomic E-state index is 0.0744. The van der Waals surface area contributed by atoms with E-state index < -0.39 is 5.97 Å². The van der Waals surface area contributed by atoms with E-state index in [9.17, 15) is 9.90 Å². The fraction of sp³-hybridized carbons (Fsp3) is 0.688. The number of hydrogen-bond donors (Lipinski definition) is 1. The molecule has 0 atom stereocenters. The summed E-state index contributed by atoms with van der Waals surface area (Å²) in [5.74, 6) is 2.33. The second-order valence-electron chi connectivity index (χ2n) is 7.22. The smallest absolute Gasteiger partial charge is 0.354 e. The molecule has 0 spiro atoms. The van der Waals surface area contributed by atoms with Gasteiger partial charge >= 0.3 is 5.97 Å². The monoisotopic (exact) mass is 272 g/mol. The number of carbonyl (C=O) groups is 1. The normalized spacial score (nSPS) is 38.1. The van der Waals surface area contributed by atoms with Gasteiger partial charge in [0.2, 0.25) is 0 Å². The van der Waals surface area contributed by atoms with Crippen molar-refractivity contribution in [2.45, 2.75) is 50.9 Å². The van der Waals surface area contributed by atoms with Crippen molar-refractivity contribution >= 4 is 5.97 Å². The van der Waals surface area contributed by atoms with Gasteiger partial charge in [-0.05, 0) is 69.3 Å². The summed E-state index contributed by atoms with van der Waals surface area (Å²) in [6.07, 6.45) is 7.62. The van der Waals surface area contributed by atoms with Crippen molar-refractivity contribution < 1.29 is 9.90 Å². The molecule has 4 aliphatic rings. The van der Waals surface area contributed by atoms with Crippen LogP contribution in [0.1, 0.15) is 60.5 Å². The highest BCUT2D eigenvalue weighted by Gasteiger charge is 2.53. The van der Waals surface area contributed by atoms with Gasteiger partial charge in [0.25, 0.3) is 0 Å². The molecule has 1 heterocycles. The molecule has 106 valence electrons. The topological polar surface area (TPSA) is 63.1 Å². The van der Waals surface area contributed by atoms with Gasteiger partial charge in [0.05, 0.1) is 0 Å². The van der Waals surface area contributed by atoms with Crippen LogP contribution in [-0.4, -0.2) is 21.0 Å². The SMILES string of the molecule is Cc1cc(C(=O)O)nc(C23CC4CC(CC(C4)C2)C3)n1. The zero-order valence-electron chi connectivity index (χ0n) is 11.8. The molecule has 5 rings (SSSR count). The van der Waals surface area contributed by atoms with E-state index in [-0.39, 0.29) is 11.1 Å². The molecule has 4 fully saturated rings. The first kappa shape index (κ1) is 12.3. The van der Waals surface area contributed by atoms with Crippen molar-refractivity contribution in [1.82, 2.24) is 9.97 Å². The van der Waals surface area contributed by atoms with Crippen LogP contribution in [0.2, 0.25) is 0 Å². The minimum Gasteiger partial charge on any atom is -0.477 e. The Bertz CT molecular complexity index is 547. The summed E-state index contributed by atoms with van der Waals surface area (Å²) in [6.45, 7) is 1.87. The van der Waals surface area contributed by atoms with Crippen LogP contribution in [0.5, 0.6) is 0 Å². The first-order valence-corrected chi connectivity index (χ1v) is 7.63. The molecular weight excluding hydrogens is 252 g/mol. The Kier molecular flexibility index (Phi) is 2.48. The van der Waals surface area contributed by atoms with Crippen LogP contribution in [0, 0.1) is 24.7 Å². The van der Waals surface area contributed by atoms with Gasteiger partial charge in [-0.15, -0.1) is 0 Å². The van der Waals surface area contributed by atoms with E-state index in [0.717, 1.165) is 29.3 Å². The number of nitrogens with zero attached hydrogens (tertiary/aromatic N) is 2. The summed E-state index contributed by atoms with van der Waals surface area (Å²) in [5, 5.41) is 9.23. The molecule has 0 aromatic carbocycles. The Morgan fingerprint density at radius 1 is 1.15 bits per heavy atom. The first-order valence-electron chi connectivity index (χ1n) is 7.63. The van der Waals surface area contributed by atoms with Gasteiger partial charge in [-0.1, -0.05) is 0 Å². The molecule has 0 radical (unpaired) electrons. The van der Waals surface area contributed by atoms with E-state index in [1.54, 1.807) is 6.07 Å². The molecule has 4 nitrogen and oxygen atoms in total. The Balaban J connectivity index is 1.78. The maximum atomic E-state index is 11.2.